The molecule has 0 radical (unpaired) electrons. The maximum absolute atomic E-state index is 11.5. The molecule has 0 aromatic rings. The van der Waals surface area contributed by atoms with Crippen LogP contribution in [0.2, 0.25) is 0 Å². The molecule has 6 heteroatoms. The Hall–Kier alpha value is -0.170. The standard InChI is InChI=1S/C8H21N3O2S/c1-8(2)10-14(12,13)11(4)7-5-6-9-3/h8-10H,5-7H2,1-4H3. The molecular weight excluding hydrogens is 202 g/mol. The van der Waals surface area contributed by atoms with Crippen molar-refractivity contribution < 1.29 is 8.42 Å². The van der Waals surface area contributed by atoms with Crippen LogP contribution in [0.15, 0.2) is 0 Å². The maximum atomic E-state index is 11.5. The maximum Gasteiger partial charge on any atom is 0.279 e. The smallest absolute Gasteiger partial charge is 0.279 e. The van der Waals surface area contributed by atoms with Crippen LogP contribution in [0, 0.1) is 0 Å². The quantitative estimate of drug-likeness (QED) is 0.586. The van der Waals surface area contributed by atoms with Gasteiger partial charge in [-0.1, -0.05) is 0 Å². The second kappa shape index (κ2) is 6.34. The zero-order valence-corrected chi connectivity index (χ0v) is 10.2. The summed E-state index contributed by atoms with van der Waals surface area (Å²) in [6.07, 6.45) is 0.812. The monoisotopic (exact) mass is 223 g/mol. The third kappa shape index (κ3) is 5.54. The van der Waals surface area contributed by atoms with Crippen molar-refractivity contribution in [1.82, 2.24) is 14.3 Å². The van der Waals surface area contributed by atoms with Crippen molar-refractivity contribution in [3.63, 3.8) is 0 Å². The molecule has 0 fully saturated rings. The van der Waals surface area contributed by atoms with E-state index in [2.05, 4.69) is 10.0 Å². The third-order valence-corrected chi connectivity index (χ3v) is 3.47. The lowest BCUT2D eigenvalue weighted by atomic mass is 10.4. The van der Waals surface area contributed by atoms with Gasteiger partial charge in [0.1, 0.15) is 0 Å². The molecule has 0 spiro atoms. The van der Waals surface area contributed by atoms with E-state index < -0.39 is 10.2 Å². The van der Waals surface area contributed by atoms with Crippen LogP contribution < -0.4 is 10.0 Å². The average Bonchev–Trinajstić information content (AvgIpc) is 2.02. The van der Waals surface area contributed by atoms with Crippen molar-refractivity contribution >= 4 is 10.2 Å². The Morgan fingerprint density at radius 2 is 1.93 bits per heavy atom. The van der Waals surface area contributed by atoms with Crippen LogP contribution in [0.1, 0.15) is 20.3 Å². The van der Waals surface area contributed by atoms with Crippen LogP contribution in [0.5, 0.6) is 0 Å². The lowest BCUT2D eigenvalue weighted by molar-refractivity contribution is 0.443. The predicted molar refractivity (Wildman–Crippen MR) is 58.4 cm³/mol. The minimum Gasteiger partial charge on any atom is -0.320 e. The zero-order valence-electron chi connectivity index (χ0n) is 9.37. The van der Waals surface area contributed by atoms with Crippen LogP contribution in [-0.4, -0.2) is 45.9 Å². The first-order valence-electron chi connectivity index (χ1n) is 4.78. The van der Waals surface area contributed by atoms with E-state index in [4.69, 9.17) is 0 Å². The van der Waals surface area contributed by atoms with Gasteiger partial charge in [-0.05, 0) is 33.9 Å². The highest BCUT2D eigenvalue weighted by Crippen LogP contribution is 1.96. The normalized spacial score (nSPS) is 12.7. The molecule has 86 valence electrons. The fraction of sp³-hybridized carbons (Fsp3) is 1.00. The van der Waals surface area contributed by atoms with Gasteiger partial charge in [-0.2, -0.15) is 17.4 Å². The molecule has 0 saturated carbocycles. The molecule has 0 aromatic carbocycles. The summed E-state index contributed by atoms with van der Waals surface area (Å²) in [4.78, 5) is 0. The minimum absolute atomic E-state index is 0.0632. The molecule has 0 atom stereocenters. The Bertz CT molecular complexity index is 239. The second-order valence-electron chi connectivity index (χ2n) is 3.56. The zero-order chi connectivity index (χ0) is 11.2. The van der Waals surface area contributed by atoms with E-state index in [0.29, 0.717) is 6.54 Å². The van der Waals surface area contributed by atoms with E-state index in [1.165, 1.54) is 4.31 Å². The van der Waals surface area contributed by atoms with Crippen molar-refractivity contribution in [2.75, 3.05) is 27.2 Å². The van der Waals surface area contributed by atoms with E-state index >= 15 is 0 Å². The SMILES string of the molecule is CNCCCN(C)S(=O)(=O)NC(C)C. The molecule has 14 heavy (non-hydrogen) atoms. The van der Waals surface area contributed by atoms with Crippen molar-refractivity contribution in [2.45, 2.75) is 26.3 Å². The van der Waals surface area contributed by atoms with E-state index in [0.717, 1.165) is 13.0 Å². The Morgan fingerprint density at radius 3 is 2.36 bits per heavy atom. The molecule has 0 heterocycles. The van der Waals surface area contributed by atoms with Crippen LogP contribution in [-0.2, 0) is 10.2 Å². The summed E-state index contributed by atoms with van der Waals surface area (Å²) < 4.78 is 26.9. The first-order chi connectivity index (χ1) is 6.40. The molecule has 0 saturated heterocycles. The Labute approximate surface area is 87.0 Å². The van der Waals surface area contributed by atoms with Crippen LogP contribution in [0.3, 0.4) is 0 Å². The molecule has 0 aliphatic carbocycles. The third-order valence-electron chi connectivity index (χ3n) is 1.69. The highest BCUT2D eigenvalue weighted by Gasteiger charge is 2.17. The van der Waals surface area contributed by atoms with Crippen molar-refractivity contribution in [3.8, 4) is 0 Å². The second-order valence-corrected chi connectivity index (χ2v) is 5.37. The summed E-state index contributed by atoms with van der Waals surface area (Å²) in [5.41, 5.74) is 0. The van der Waals surface area contributed by atoms with Gasteiger partial charge in [0, 0.05) is 19.6 Å². The average molecular weight is 223 g/mol. The summed E-state index contributed by atoms with van der Waals surface area (Å²) in [6.45, 7) is 4.96. The number of hydrogen-bond acceptors (Lipinski definition) is 3. The van der Waals surface area contributed by atoms with Crippen molar-refractivity contribution in [2.24, 2.45) is 0 Å². The first-order valence-corrected chi connectivity index (χ1v) is 6.22. The van der Waals surface area contributed by atoms with Crippen molar-refractivity contribution in [3.05, 3.63) is 0 Å². The van der Waals surface area contributed by atoms with E-state index in [-0.39, 0.29) is 6.04 Å². The van der Waals surface area contributed by atoms with Gasteiger partial charge in [0.05, 0.1) is 0 Å². The van der Waals surface area contributed by atoms with Gasteiger partial charge in [-0.25, -0.2) is 0 Å². The summed E-state index contributed by atoms with van der Waals surface area (Å²) in [5.74, 6) is 0. The lowest BCUT2D eigenvalue weighted by Crippen LogP contribution is -2.42. The Balaban J connectivity index is 4.02. The molecule has 2 N–H and O–H groups in total. The topological polar surface area (TPSA) is 61.4 Å². The molecule has 0 aliphatic rings. The lowest BCUT2D eigenvalue weighted by Gasteiger charge is -2.19. The van der Waals surface area contributed by atoms with Gasteiger partial charge in [-0.3, -0.25) is 0 Å². The van der Waals surface area contributed by atoms with Gasteiger partial charge in [-0.15, -0.1) is 0 Å². The van der Waals surface area contributed by atoms with Crippen LogP contribution in [0.25, 0.3) is 0 Å². The number of hydrogen-bond donors (Lipinski definition) is 2. The summed E-state index contributed by atoms with van der Waals surface area (Å²) in [7, 11) is 0.147. The van der Waals surface area contributed by atoms with E-state index in [1.54, 1.807) is 20.9 Å². The van der Waals surface area contributed by atoms with Crippen molar-refractivity contribution in [1.29, 1.82) is 0 Å². The molecule has 0 aliphatic heterocycles. The van der Waals surface area contributed by atoms with E-state index in [9.17, 15) is 8.42 Å². The van der Waals surface area contributed by atoms with Gasteiger partial charge >= 0.3 is 0 Å². The Morgan fingerprint density at radius 1 is 1.36 bits per heavy atom. The molecular formula is C8H21N3O2S. The summed E-state index contributed by atoms with van der Waals surface area (Å²) in [6, 6.07) is -0.0632. The number of nitrogens with zero attached hydrogens (tertiary/aromatic N) is 1. The molecule has 0 amide bonds. The van der Waals surface area contributed by atoms with Gasteiger partial charge in [0.25, 0.3) is 10.2 Å². The van der Waals surface area contributed by atoms with Gasteiger partial charge in [0.2, 0.25) is 0 Å². The first kappa shape index (κ1) is 13.8. The fourth-order valence-electron chi connectivity index (χ4n) is 0.987. The van der Waals surface area contributed by atoms with E-state index in [1.807, 2.05) is 7.05 Å². The summed E-state index contributed by atoms with van der Waals surface area (Å²) >= 11 is 0. The molecule has 0 rings (SSSR count). The minimum atomic E-state index is -3.28. The number of rotatable bonds is 7. The van der Waals surface area contributed by atoms with Crippen LogP contribution >= 0.6 is 0 Å². The van der Waals surface area contributed by atoms with Crippen LogP contribution in [0.4, 0.5) is 0 Å². The largest absolute Gasteiger partial charge is 0.320 e. The highest BCUT2D eigenvalue weighted by molar-refractivity contribution is 7.87. The van der Waals surface area contributed by atoms with Gasteiger partial charge < -0.3 is 5.32 Å². The molecule has 5 nitrogen and oxygen atoms in total. The number of nitrogens with one attached hydrogen (secondary N) is 2. The van der Waals surface area contributed by atoms with Gasteiger partial charge in [0.15, 0.2) is 0 Å². The summed E-state index contributed by atoms with van der Waals surface area (Å²) in [5, 5.41) is 2.97. The molecule has 0 aromatic heterocycles. The fourth-order valence-corrected chi connectivity index (χ4v) is 2.13. The highest BCUT2D eigenvalue weighted by atomic mass is 32.2. The predicted octanol–water partition coefficient (Wildman–Crippen LogP) is -0.229. The molecule has 0 unspecified atom stereocenters. The molecule has 0 bridgehead atoms. The Kier molecular flexibility index (Phi) is 6.26.